The fraction of sp³-hybridized carbons (Fsp3) is 0.222. The van der Waals surface area contributed by atoms with Gasteiger partial charge in [-0.05, 0) is 35.7 Å². The number of furan rings is 2. The molecule has 1 aliphatic heterocycles. The zero-order valence-corrected chi connectivity index (χ0v) is 15.0. The molecule has 3 aromatic rings. The molecule has 0 fully saturated rings. The Bertz CT molecular complexity index is 839. The molecule has 1 amide bonds. The van der Waals surface area contributed by atoms with Crippen LogP contribution >= 0.6 is 23.1 Å². The monoisotopic (exact) mass is 372 g/mol. The highest BCUT2D eigenvalue weighted by Crippen LogP contribution is 2.35. The van der Waals surface area contributed by atoms with E-state index >= 15 is 0 Å². The molecule has 7 heteroatoms. The summed E-state index contributed by atoms with van der Waals surface area (Å²) in [6.07, 6.45) is 3.94. The van der Waals surface area contributed by atoms with Crippen molar-refractivity contribution in [2.75, 3.05) is 5.75 Å². The summed E-state index contributed by atoms with van der Waals surface area (Å²) in [6, 6.07) is 11.5. The number of carbonyl (C=O) groups is 1. The lowest BCUT2D eigenvalue weighted by Gasteiger charge is -2.20. The summed E-state index contributed by atoms with van der Waals surface area (Å²) < 4.78 is 10.8. The number of hydrogen-bond acceptors (Lipinski definition) is 6. The molecule has 0 aromatic carbocycles. The maximum atomic E-state index is 12.7. The molecule has 0 aliphatic carbocycles. The number of thiophene rings is 1. The number of amides is 1. The van der Waals surface area contributed by atoms with Crippen molar-refractivity contribution in [3.8, 4) is 0 Å². The summed E-state index contributed by atoms with van der Waals surface area (Å²) in [7, 11) is 0. The quantitative estimate of drug-likeness (QED) is 0.637. The Kier molecular flexibility index (Phi) is 4.76. The molecule has 0 radical (unpaired) electrons. The van der Waals surface area contributed by atoms with Gasteiger partial charge in [0, 0.05) is 11.3 Å². The van der Waals surface area contributed by atoms with E-state index in [1.165, 1.54) is 11.8 Å². The van der Waals surface area contributed by atoms with Crippen LogP contribution < -0.4 is 0 Å². The lowest BCUT2D eigenvalue weighted by Crippen LogP contribution is -2.28. The van der Waals surface area contributed by atoms with Crippen LogP contribution in [0.2, 0.25) is 0 Å². The van der Waals surface area contributed by atoms with Gasteiger partial charge in [0.2, 0.25) is 0 Å². The first-order valence-electron chi connectivity index (χ1n) is 7.88. The van der Waals surface area contributed by atoms with Crippen molar-refractivity contribution >= 4 is 34.7 Å². The average molecular weight is 372 g/mol. The molecule has 4 heterocycles. The number of hydrazone groups is 1. The summed E-state index contributed by atoms with van der Waals surface area (Å²) in [5, 5.41) is 8.19. The lowest BCUT2D eigenvalue weighted by molar-refractivity contribution is -0.130. The van der Waals surface area contributed by atoms with E-state index in [1.807, 2.05) is 41.8 Å². The summed E-state index contributed by atoms with van der Waals surface area (Å²) in [6.45, 7) is 0. The van der Waals surface area contributed by atoms with Crippen molar-refractivity contribution in [3.63, 3.8) is 0 Å². The van der Waals surface area contributed by atoms with E-state index in [2.05, 4.69) is 5.10 Å². The third-order valence-electron chi connectivity index (χ3n) is 3.89. The number of hydrogen-bond donors (Lipinski definition) is 0. The Hall–Kier alpha value is -2.25. The van der Waals surface area contributed by atoms with Crippen LogP contribution in [0, 0.1) is 0 Å². The zero-order valence-electron chi connectivity index (χ0n) is 13.3. The van der Waals surface area contributed by atoms with Gasteiger partial charge in [0.15, 0.2) is 0 Å². The van der Waals surface area contributed by atoms with E-state index in [0.29, 0.717) is 17.9 Å². The minimum atomic E-state index is -0.0585. The van der Waals surface area contributed by atoms with Gasteiger partial charge in [-0.15, -0.1) is 23.1 Å². The molecule has 128 valence electrons. The molecule has 3 aromatic heterocycles. The molecule has 0 spiro atoms. The van der Waals surface area contributed by atoms with E-state index in [0.717, 1.165) is 22.1 Å². The third-order valence-corrected chi connectivity index (χ3v) is 5.81. The molecule has 0 saturated heterocycles. The predicted molar refractivity (Wildman–Crippen MR) is 98.6 cm³/mol. The molecule has 0 bridgehead atoms. The van der Waals surface area contributed by atoms with Crippen LogP contribution in [-0.4, -0.2) is 22.4 Å². The Balaban J connectivity index is 1.48. The molecule has 1 atom stereocenters. The third kappa shape index (κ3) is 3.57. The van der Waals surface area contributed by atoms with E-state index in [9.17, 15) is 4.79 Å². The van der Waals surface area contributed by atoms with Gasteiger partial charge in [-0.25, -0.2) is 5.01 Å². The minimum absolute atomic E-state index is 0.00323. The first-order chi connectivity index (χ1) is 12.3. The van der Waals surface area contributed by atoms with Gasteiger partial charge < -0.3 is 8.83 Å². The highest BCUT2D eigenvalue weighted by Gasteiger charge is 2.34. The van der Waals surface area contributed by atoms with Crippen LogP contribution in [0.15, 0.2) is 68.2 Å². The second-order valence-electron chi connectivity index (χ2n) is 5.57. The summed E-state index contributed by atoms with van der Waals surface area (Å²) >= 11 is 3.17. The fourth-order valence-electron chi connectivity index (χ4n) is 2.73. The topological polar surface area (TPSA) is 59.0 Å². The standard InChI is InChI=1S/C18H16N2O3S2/c21-18(12-24-11-13-4-1-7-22-13)20-15(17-6-3-9-25-17)10-14(19-20)16-5-2-8-23-16/h1-9,15H,10-12H2. The number of nitrogens with zero attached hydrogens (tertiary/aromatic N) is 2. The van der Waals surface area contributed by atoms with Crippen LogP contribution in [0.3, 0.4) is 0 Å². The minimum Gasteiger partial charge on any atom is -0.468 e. The molecular formula is C18H16N2O3S2. The van der Waals surface area contributed by atoms with Crippen molar-refractivity contribution in [1.82, 2.24) is 5.01 Å². The molecule has 1 aliphatic rings. The highest BCUT2D eigenvalue weighted by molar-refractivity contribution is 7.99. The normalized spacial score (nSPS) is 17.0. The smallest absolute Gasteiger partial charge is 0.253 e. The van der Waals surface area contributed by atoms with Crippen LogP contribution in [0.4, 0.5) is 0 Å². The van der Waals surface area contributed by atoms with Crippen LogP contribution in [0.1, 0.15) is 28.9 Å². The Morgan fingerprint density at radius 1 is 1.24 bits per heavy atom. The second-order valence-corrected chi connectivity index (χ2v) is 7.53. The van der Waals surface area contributed by atoms with Gasteiger partial charge in [-0.1, -0.05) is 6.07 Å². The lowest BCUT2D eigenvalue weighted by atomic mass is 10.1. The van der Waals surface area contributed by atoms with E-state index < -0.39 is 0 Å². The van der Waals surface area contributed by atoms with E-state index in [-0.39, 0.29) is 11.9 Å². The highest BCUT2D eigenvalue weighted by atomic mass is 32.2. The first-order valence-corrected chi connectivity index (χ1v) is 9.91. The summed E-state index contributed by atoms with van der Waals surface area (Å²) in [5.41, 5.74) is 0.813. The van der Waals surface area contributed by atoms with E-state index in [4.69, 9.17) is 8.83 Å². The SMILES string of the molecule is O=C(CSCc1ccco1)N1N=C(c2ccco2)CC1c1cccs1. The van der Waals surface area contributed by atoms with Crippen LogP contribution in [-0.2, 0) is 10.5 Å². The van der Waals surface area contributed by atoms with Gasteiger partial charge in [0.05, 0.1) is 30.1 Å². The van der Waals surface area contributed by atoms with Gasteiger partial charge in [-0.3, -0.25) is 4.79 Å². The van der Waals surface area contributed by atoms with Gasteiger partial charge >= 0.3 is 0 Å². The maximum absolute atomic E-state index is 12.7. The number of carbonyl (C=O) groups excluding carboxylic acids is 1. The molecule has 0 saturated carbocycles. The first kappa shape index (κ1) is 16.2. The number of thioether (sulfide) groups is 1. The van der Waals surface area contributed by atoms with Crippen molar-refractivity contribution < 1.29 is 13.6 Å². The zero-order chi connectivity index (χ0) is 17.1. The molecule has 25 heavy (non-hydrogen) atoms. The molecule has 5 nitrogen and oxygen atoms in total. The van der Waals surface area contributed by atoms with Crippen molar-refractivity contribution in [1.29, 1.82) is 0 Å². The molecule has 4 rings (SSSR count). The Morgan fingerprint density at radius 3 is 2.84 bits per heavy atom. The Labute approximate surface area is 153 Å². The maximum Gasteiger partial charge on any atom is 0.253 e. The molecule has 1 unspecified atom stereocenters. The largest absolute Gasteiger partial charge is 0.468 e. The van der Waals surface area contributed by atoms with Crippen LogP contribution in [0.5, 0.6) is 0 Å². The van der Waals surface area contributed by atoms with Crippen molar-refractivity contribution in [2.24, 2.45) is 5.10 Å². The van der Waals surface area contributed by atoms with E-state index in [1.54, 1.807) is 28.9 Å². The molecule has 0 N–H and O–H groups in total. The average Bonchev–Trinajstić information content (AvgIpc) is 3.42. The summed E-state index contributed by atoms with van der Waals surface area (Å²) in [5.74, 6) is 2.62. The number of rotatable bonds is 6. The van der Waals surface area contributed by atoms with Gasteiger partial charge in [0.25, 0.3) is 5.91 Å². The van der Waals surface area contributed by atoms with Crippen molar-refractivity contribution in [2.45, 2.75) is 18.2 Å². The predicted octanol–water partition coefficient (Wildman–Crippen LogP) is 4.55. The van der Waals surface area contributed by atoms with Crippen LogP contribution in [0.25, 0.3) is 0 Å². The molecular weight excluding hydrogens is 356 g/mol. The Morgan fingerprint density at radius 2 is 2.12 bits per heavy atom. The second kappa shape index (κ2) is 7.33. The van der Waals surface area contributed by atoms with Crippen molar-refractivity contribution in [3.05, 3.63) is 70.7 Å². The van der Waals surface area contributed by atoms with Gasteiger partial charge in [0.1, 0.15) is 17.2 Å². The van der Waals surface area contributed by atoms with Gasteiger partial charge in [-0.2, -0.15) is 5.10 Å². The fourth-order valence-corrected chi connectivity index (χ4v) is 4.32. The summed E-state index contributed by atoms with van der Waals surface area (Å²) in [4.78, 5) is 13.9.